The normalized spacial score (nSPS) is 28.9. The van der Waals surface area contributed by atoms with Crippen molar-refractivity contribution in [3.05, 3.63) is 29.3 Å². The molecule has 1 aliphatic heterocycles. The third-order valence-electron chi connectivity index (χ3n) is 4.50. The zero-order valence-electron chi connectivity index (χ0n) is 12.0. The predicted molar refractivity (Wildman–Crippen MR) is 75.6 cm³/mol. The van der Waals surface area contributed by atoms with Gasteiger partial charge in [0.25, 0.3) is 0 Å². The van der Waals surface area contributed by atoms with Gasteiger partial charge < -0.3 is 4.74 Å². The van der Waals surface area contributed by atoms with Gasteiger partial charge in [-0.05, 0) is 51.7 Å². The first-order valence-corrected chi connectivity index (χ1v) is 7.28. The highest BCUT2D eigenvalue weighted by Crippen LogP contribution is 2.47. The molecule has 19 heavy (non-hydrogen) atoms. The predicted octanol–water partition coefficient (Wildman–Crippen LogP) is 4.01. The molecule has 0 saturated heterocycles. The Kier molecular flexibility index (Phi) is 2.92. The molecule has 1 aliphatic carbocycles. The Hall–Kier alpha value is -1.31. The third kappa shape index (κ3) is 2.29. The molecule has 1 aromatic rings. The van der Waals surface area contributed by atoms with Crippen molar-refractivity contribution in [1.82, 2.24) is 0 Å². The molecule has 2 atom stereocenters. The van der Waals surface area contributed by atoms with Crippen LogP contribution >= 0.6 is 0 Å². The van der Waals surface area contributed by atoms with E-state index in [1.165, 1.54) is 11.1 Å². The Labute approximate surface area is 115 Å². The summed E-state index contributed by atoms with van der Waals surface area (Å²) in [6, 6.07) is 6.37. The summed E-state index contributed by atoms with van der Waals surface area (Å²) in [5.74, 6) is 1.99. The van der Waals surface area contributed by atoms with Crippen LogP contribution in [0.5, 0.6) is 5.75 Å². The Morgan fingerprint density at radius 2 is 2.05 bits per heavy atom. The van der Waals surface area contributed by atoms with Crippen molar-refractivity contribution in [3.8, 4) is 5.75 Å². The van der Waals surface area contributed by atoms with Crippen molar-refractivity contribution >= 4 is 5.78 Å². The summed E-state index contributed by atoms with van der Waals surface area (Å²) in [7, 11) is 0. The van der Waals surface area contributed by atoms with Gasteiger partial charge in [-0.25, -0.2) is 0 Å². The maximum atomic E-state index is 12.1. The number of hydrogen-bond donors (Lipinski definition) is 0. The molecule has 102 valence electrons. The molecule has 0 amide bonds. The monoisotopic (exact) mass is 258 g/mol. The summed E-state index contributed by atoms with van der Waals surface area (Å²) >= 11 is 0. The van der Waals surface area contributed by atoms with Gasteiger partial charge in [0, 0.05) is 18.3 Å². The molecule has 1 fully saturated rings. The van der Waals surface area contributed by atoms with Gasteiger partial charge in [-0.1, -0.05) is 17.7 Å². The average molecular weight is 258 g/mol. The molecule has 3 rings (SSSR count). The van der Waals surface area contributed by atoms with E-state index in [2.05, 4.69) is 39.0 Å². The summed E-state index contributed by atoms with van der Waals surface area (Å²) in [6.07, 6.45) is 3.82. The van der Waals surface area contributed by atoms with Gasteiger partial charge in [0.2, 0.25) is 0 Å². The van der Waals surface area contributed by atoms with E-state index in [0.717, 1.165) is 31.4 Å². The van der Waals surface area contributed by atoms with Crippen molar-refractivity contribution in [3.63, 3.8) is 0 Å². The number of rotatable bonds is 1. The van der Waals surface area contributed by atoms with Crippen LogP contribution in [0.25, 0.3) is 0 Å². The summed E-state index contributed by atoms with van der Waals surface area (Å²) in [5.41, 5.74) is 2.33. The van der Waals surface area contributed by atoms with Gasteiger partial charge in [0.15, 0.2) is 0 Å². The van der Waals surface area contributed by atoms with Gasteiger partial charge >= 0.3 is 0 Å². The second-order valence-electron chi connectivity index (χ2n) is 6.68. The molecule has 1 aromatic carbocycles. The Morgan fingerprint density at radius 3 is 2.74 bits per heavy atom. The first-order chi connectivity index (χ1) is 8.96. The molecule has 0 radical (unpaired) electrons. The molecule has 0 bridgehead atoms. The second kappa shape index (κ2) is 4.36. The molecular weight excluding hydrogens is 236 g/mol. The molecule has 2 unspecified atom stereocenters. The van der Waals surface area contributed by atoms with Crippen LogP contribution in [-0.4, -0.2) is 11.4 Å². The zero-order chi connectivity index (χ0) is 13.6. The highest BCUT2D eigenvalue weighted by molar-refractivity contribution is 5.84. The Morgan fingerprint density at radius 1 is 1.26 bits per heavy atom. The highest BCUT2D eigenvalue weighted by Gasteiger charge is 2.41. The lowest BCUT2D eigenvalue weighted by atomic mass is 9.75. The first-order valence-electron chi connectivity index (χ1n) is 7.28. The summed E-state index contributed by atoms with van der Waals surface area (Å²) in [5, 5.41) is 0. The number of ether oxygens (including phenoxy) is 1. The maximum Gasteiger partial charge on any atom is 0.136 e. The van der Waals surface area contributed by atoms with Crippen LogP contribution in [0.4, 0.5) is 0 Å². The molecule has 0 spiro atoms. The fourth-order valence-corrected chi connectivity index (χ4v) is 3.66. The van der Waals surface area contributed by atoms with Gasteiger partial charge in [-0.15, -0.1) is 0 Å². The van der Waals surface area contributed by atoms with Crippen molar-refractivity contribution in [2.45, 2.75) is 58.0 Å². The van der Waals surface area contributed by atoms with Crippen LogP contribution in [0.3, 0.4) is 0 Å². The standard InChI is InChI=1S/C17H22O2/c1-11-7-8-16-13(9-11)14(10-17(2,3)19-16)12-5-4-6-15(12)18/h7-9,12,14H,4-6,10H2,1-3H3. The molecule has 2 nitrogen and oxygen atoms in total. The molecular formula is C17H22O2. The molecule has 2 heteroatoms. The van der Waals surface area contributed by atoms with Crippen LogP contribution in [0.1, 0.15) is 56.6 Å². The minimum Gasteiger partial charge on any atom is -0.488 e. The van der Waals surface area contributed by atoms with Crippen LogP contribution < -0.4 is 4.74 Å². The summed E-state index contributed by atoms with van der Waals surface area (Å²) in [6.45, 7) is 6.36. The summed E-state index contributed by atoms with van der Waals surface area (Å²) in [4.78, 5) is 12.1. The third-order valence-corrected chi connectivity index (χ3v) is 4.50. The largest absolute Gasteiger partial charge is 0.488 e. The van der Waals surface area contributed by atoms with E-state index in [0.29, 0.717) is 11.7 Å². The van der Waals surface area contributed by atoms with Gasteiger partial charge in [-0.3, -0.25) is 4.79 Å². The zero-order valence-corrected chi connectivity index (χ0v) is 12.0. The van der Waals surface area contributed by atoms with Crippen LogP contribution in [-0.2, 0) is 4.79 Å². The Bertz CT molecular complexity index is 516. The number of aryl methyl sites for hydroxylation is 1. The number of Topliss-reactive ketones (excluding diaryl/α,β-unsaturated/α-hetero) is 1. The van der Waals surface area contributed by atoms with Crippen molar-refractivity contribution in [2.75, 3.05) is 0 Å². The fourth-order valence-electron chi connectivity index (χ4n) is 3.66. The quantitative estimate of drug-likeness (QED) is 0.760. The number of fused-ring (bicyclic) bond motifs is 1. The van der Waals surface area contributed by atoms with Crippen LogP contribution in [0.15, 0.2) is 18.2 Å². The van der Waals surface area contributed by atoms with Crippen molar-refractivity contribution in [1.29, 1.82) is 0 Å². The lowest BCUT2D eigenvalue weighted by Gasteiger charge is -2.39. The maximum absolute atomic E-state index is 12.1. The lowest BCUT2D eigenvalue weighted by Crippen LogP contribution is -2.37. The van der Waals surface area contributed by atoms with E-state index < -0.39 is 0 Å². The molecule has 0 aromatic heterocycles. The number of carbonyl (C=O) groups is 1. The second-order valence-corrected chi connectivity index (χ2v) is 6.68. The molecule has 1 saturated carbocycles. The minimum atomic E-state index is -0.171. The van der Waals surface area contributed by atoms with Gasteiger partial charge in [-0.2, -0.15) is 0 Å². The van der Waals surface area contributed by atoms with E-state index in [9.17, 15) is 4.79 Å². The minimum absolute atomic E-state index is 0.171. The highest BCUT2D eigenvalue weighted by atomic mass is 16.5. The smallest absolute Gasteiger partial charge is 0.136 e. The topological polar surface area (TPSA) is 26.3 Å². The van der Waals surface area contributed by atoms with E-state index in [1.807, 2.05) is 0 Å². The summed E-state index contributed by atoms with van der Waals surface area (Å²) < 4.78 is 6.09. The van der Waals surface area contributed by atoms with E-state index in [4.69, 9.17) is 4.74 Å². The van der Waals surface area contributed by atoms with Crippen LogP contribution in [0.2, 0.25) is 0 Å². The molecule has 2 aliphatic rings. The lowest BCUT2D eigenvalue weighted by molar-refractivity contribution is -0.121. The molecule has 0 N–H and O–H groups in total. The van der Waals surface area contributed by atoms with E-state index in [1.54, 1.807) is 0 Å². The first kappa shape index (κ1) is 12.7. The Balaban J connectivity index is 2.04. The molecule has 1 heterocycles. The van der Waals surface area contributed by atoms with Crippen molar-refractivity contribution < 1.29 is 9.53 Å². The van der Waals surface area contributed by atoms with Gasteiger partial charge in [0.05, 0.1) is 0 Å². The van der Waals surface area contributed by atoms with Gasteiger partial charge in [0.1, 0.15) is 17.1 Å². The van der Waals surface area contributed by atoms with Crippen molar-refractivity contribution in [2.24, 2.45) is 5.92 Å². The number of benzene rings is 1. The average Bonchev–Trinajstić information content (AvgIpc) is 2.74. The van der Waals surface area contributed by atoms with Crippen LogP contribution in [0, 0.1) is 12.8 Å². The number of carbonyl (C=O) groups excluding carboxylic acids is 1. The fraction of sp³-hybridized carbons (Fsp3) is 0.588. The number of hydrogen-bond acceptors (Lipinski definition) is 2. The van der Waals surface area contributed by atoms with E-state index >= 15 is 0 Å². The SMILES string of the molecule is Cc1ccc2c(c1)C(C1CCCC1=O)CC(C)(C)O2. The number of ketones is 1. The van der Waals surface area contributed by atoms with E-state index in [-0.39, 0.29) is 11.5 Å².